The van der Waals surface area contributed by atoms with Gasteiger partial charge in [0.1, 0.15) is 0 Å². The third-order valence-corrected chi connectivity index (χ3v) is 5.89. The Kier molecular flexibility index (Phi) is 5.47. The monoisotopic (exact) mass is 384 g/mol. The van der Waals surface area contributed by atoms with Crippen molar-refractivity contribution in [2.45, 2.75) is 26.2 Å². The van der Waals surface area contributed by atoms with Gasteiger partial charge in [-0.25, -0.2) is 4.79 Å². The van der Waals surface area contributed by atoms with Crippen LogP contribution in [0, 0.1) is 11.8 Å². The van der Waals surface area contributed by atoms with E-state index in [-0.39, 0.29) is 11.9 Å². The number of amides is 3. The van der Waals surface area contributed by atoms with E-state index in [1.165, 1.54) is 25.9 Å². The Hall–Kier alpha value is -2.61. The summed E-state index contributed by atoms with van der Waals surface area (Å²) in [7, 11) is 0. The number of H-pyrrole nitrogens is 1. The highest BCUT2D eigenvalue weighted by molar-refractivity contribution is 6.05. The number of fused-ring (bicyclic) bond motifs is 4. The molecule has 3 fully saturated rings. The Bertz CT molecular complexity index is 855. The minimum Gasteiger partial charge on any atom is -0.350 e. The number of hydrogen-bond donors (Lipinski definition) is 4. The summed E-state index contributed by atoms with van der Waals surface area (Å²) < 4.78 is 0. The number of nitrogens with one attached hydrogen (secondary N) is 4. The topological polar surface area (TPSA) is 102 Å². The van der Waals surface area contributed by atoms with Gasteiger partial charge in [0.05, 0.1) is 5.52 Å². The molecule has 2 bridgehead atoms. The first-order valence-electron chi connectivity index (χ1n) is 10.2. The Morgan fingerprint density at radius 2 is 2.07 bits per heavy atom. The van der Waals surface area contributed by atoms with E-state index in [4.69, 9.17) is 0 Å². The zero-order chi connectivity index (χ0) is 19.5. The highest BCUT2D eigenvalue weighted by Gasteiger charge is 2.34. The van der Waals surface area contributed by atoms with Crippen molar-refractivity contribution < 1.29 is 9.59 Å². The van der Waals surface area contributed by atoms with Gasteiger partial charge in [0.2, 0.25) is 0 Å². The van der Waals surface area contributed by atoms with Crippen molar-refractivity contribution in [3.8, 4) is 0 Å². The minimum absolute atomic E-state index is 0.149. The number of anilines is 1. The van der Waals surface area contributed by atoms with Crippen LogP contribution in [-0.4, -0.2) is 59.8 Å². The summed E-state index contributed by atoms with van der Waals surface area (Å²) in [6.07, 6.45) is 3.37. The number of aromatic nitrogens is 2. The SMILES string of the molecule is CCCNC(=O)Nc1ccc2c(C(=O)NC[C@H]3CN4CCC3CC4)n[nH]c2c1. The number of hydrogen-bond acceptors (Lipinski definition) is 4. The summed E-state index contributed by atoms with van der Waals surface area (Å²) in [5.41, 5.74) is 1.78. The van der Waals surface area contributed by atoms with Crippen LogP contribution in [0.3, 0.4) is 0 Å². The fourth-order valence-electron chi connectivity index (χ4n) is 4.31. The lowest BCUT2D eigenvalue weighted by molar-refractivity contribution is 0.0496. The largest absolute Gasteiger partial charge is 0.350 e. The molecule has 0 radical (unpaired) electrons. The standard InChI is InChI=1S/C20H28N6O2/c1-2-7-21-20(28)23-15-3-4-16-17(10-15)24-25-18(16)19(27)22-11-14-12-26-8-5-13(14)6-9-26/h3-4,10,13-14H,2,5-9,11-12H2,1H3,(H,22,27)(H,24,25)(H2,21,23,28)/t14-/m0/s1. The number of aromatic amines is 1. The van der Waals surface area contributed by atoms with E-state index in [2.05, 4.69) is 31.0 Å². The molecule has 4 N–H and O–H groups in total. The highest BCUT2D eigenvalue weighted by atomic mass is 16.2. The fraction of sp³-hybridized carbons (Fsp3) is 0.550. The van der Waals surface area contributed by atoms with Crippen molar-refractivity contribution in [1.29, 1.82) is 0 Å². The highest BCUT2D eigenvalue weighted by Crippen LogP contribution is 2.31. The molecule has 8 nitrogen and oxygen atoms in total. The normalized spacial score (nSPS) is 23.5. The van der Waals surface area contributed by atoms with E-state index in [1.54, 1.807) is 12.1 Å². The molecule has 1 aromatic carbocycles. The van der Waals surface area contributed by atoms with Crippen molar-refractivity contribution in [3.05, 3.63) is 23.9 Å². The van der Waals surface area contributed by atoms with Crippen molar-refractivity contribution in [1.82, 2.24) is 25.7 Å². The van der Waals surface area contributed by atoms with E-state index < -0.39 is 0 Å². The van der Waals surface area contributed by atoms with Gasteiger partial charge < -0.3 is 20.9 Å². The minimum atomic E-state index is -0.240. The lowest BCUT2D eigenvalue weighted by Crippen LogP contribution is -2.50. The Morgan fingerprint density at radius 1 is 1.25 bits per heavy atom. The molecule has 3 aliphatic heterocycles. The molecule has 8 heteroatoms. The number of benzene rings is 1. The molecule has 0 spiro atoms. The predicted octanol–water partition coefficient (Wildman–Crippen LogP) is 2.17. The van der Waals surface area contributed by atoms with Gasteiger partial charge in [-0.1, -0.05) is 6.92 Å². The van der Waals surface area contributed by atoms with E-state index in [1.807, 2.05) is 13.0 Å². The number of nitrogens with zero attached hydrogens (tertiary/aromatic N) is 2. The molecule has 1 aromatic heterocycles. The number of rotatable bonds is 6. The lowest BCUT2D eigenvalue weighted by Gasteiger charge is -2.44. The predicted molar refractivity (Wildman–Crippen MR) is 108 cm³/mol. The number of urea groups is 1. The van der Waals surface area contributed by atoms with Crippen LogP contribution in [0.1, 0.15) is 36.7 Å². The summed E-state index contributed by atoms with van der Waals surface area (Å²) in [6, 6.07) is 5.15. The molecule has 150 valence electrons. The molecule has 28 heavy (non-hydrogen) atoms. The summed E-state index contributed by atoms with van der Waals surface area (Å²) in [5, 5.41) is 16.5. The van der Waals surface area contributed by atoms with Crippen LogP contribution in [0.15, 0.2) is 18.2 Å². The average Bonchev–Trinajstić information content (AvgIpc) is 3.14. The molecule has 4 heterocycles. The van der Waals surface area contributed by atoms with Crippen LogP contribution in [0.25, 0.3) is 10.9 Å². The van der Waals surface area contributed by atoms with Crippen LogP contribution in [0.5, 0.6) is 0 Å². The maximum absolute atomic E-state index is 12.7. The third kappa shape index (κ3) is 3.96. The smallest absolute Gasteiger partial charge is 0.319 e. The van der Waals surface area contributed by atoms with Crippen LogP contribution >= 0.6 is 0 Å². The zero-order valence-corrected chi connectivity index (χ0v) is 16.3. The number of carbonyl (C=O) groups excluding carboxylic acids is 2. The van der Waals surface area contributed by atoms with Crippen LogP contribution < -0.4 is 16.0 Å². The van der Waals surface area contributed by atoms with Crippen molar-refractivity contribution in [2.24, 2.45) is 11.8 Å². The quantitative estimate of drug-likeness (QED) is 0.613. The molecular formula is C20H28N6O2. The molecule has 1 atom stereocenters. The zero-order valence-electron chi connectivity index (χ0n) is 16.3. The second kappa shape index (κ2) is 8.18. The van der Waals surface area contributed by atoms with Crippen LogP contribution in [-0.2, 0) is 0 Å². The molecule has 2 aromatic rings. The summed E-state index contributed by atoms with van der Waals surface area (Å²) >= 11 is 0. The van der Waals surface area contributed by atoms with Crippen molar-refractivity contribution >= 4 is 28.5 Å². The van der Waals surface area contributed by atoms with E-state index in [0.717, 1.165) is 29.8 Å². The fourth-order valence-corrected chi connectivity index (χ4v) is 4.31. The summed E-state index contributed by atoms with van der Waals surface area (Å²) in [4.78, 5) is 26.9. The molecule has 3 aliphatic rings. The maximum Gasteiger partial charge on any atom is 0.319 e. The molecule has 0 saturated carbocycles. The average molecular weight is 384 g/mol. The Balaban J connectivity index is 1.38. The molecule has 0 unspecified atom stereocenters. The van der Waals surface area contributed by atoms with Gasteiger partial charge in [-0.2, -0.15) is 5.10 Å². The second-order valence-corrected chi connectivity index (χ2v) is 7.82. The van der Waals surface area contributed by atoms with E-state index in [0.29, 0.717) is 30.4 Å². The molecule has 0 aliphatic carbocycles. The van der Waals surface area contributed by atoms with Gasteiger partial charge in [-0.3, -0.25) is 9.89 Å². The van der Waals surface area contributed by atoms with Gasteiger partial charge in [-0.15, -0.1) is 0 Å². The Morgan fingerprint density at radius 3 is 2.79 bits per heavy atom. The van der Waals surface area contributed by atoms with Crippen LogP contribution in [0.4, 0.5) is 10.5 Å². The lowest BCUT2D eigenvalue weighted by atomic mass is 9.79. The molecule has 3 amide bonds. The van der Waals surface area contributed by atoms with Crippen molar-refractivity contribution in [2.75, 3.05) is 38.0 Å². The number of piperidine rings is 3. The second-order valence-electron chi connectivity index (χ2n) is 7.82. The van der Waals surface area contributed by atoms with Crippen LogP contribution in [0.2, 0.25) is 0 Å². The molecule has 5 rings (SSSR count). The van der Waals surface area contributed by atoms with Crippen molar-refractivity contribution in [3.63, 3.8) is 0 Å². The Labute approximate surface area is 164 Å². The summed E-state index contributed by atoms with van der Waals surface area (Å²) in [6.45, 7) is 6.81. The van der Waals surface area contributed by atoms with Gasteiger partial charge in [0.15, 0.2) is 5.69 Å². The van der Waals surface area contributed by atoms with Gasteiger partial charge >= 0.3 is 6.03 Å². The number of carbonyl (C=O) groups is 2. The van der Waals surface area contributed by atoms with E-state index >= 15 is 0 Å². The summed E-state index contributed by atoms with van der Waals surface area (Å²) in [5.74, 6) is 1.12. The third-order valence-electron chi connectivity index (χ3n) is 5.89. The first-order chi connectivity index (χ1) is 13.6. The first kappa shape index (κ1) is 18.7. The van der Waals surface area contributed by atoms with Gasteiger partial charge in [0.25, 0.3) is 5.91 Å². The molecule has 3 saturated heterocycles. The molecular weight excluding hydrogens is 356 g/mol. The maximum atomic E-state index is 12.7. The van der Waals surface area contributed by atoms with E-state index in [9.17, 15) is 9.59 Å². The first-order valence-corrected chi connectivity index (χ1v) is 10.2. The van der Waals surface area contributed by atoms with Gasteiger partial charge in [0, 0.05) is 30.7 Å². The van der Waals surface area contributed by atoms with Gasteiger partial charge in [-0.05, 0) is 62.4 Å².